The highest BCUT2D eigenvalue weighted by Gasteiger charge is 2.31. The zero-order valence-electron chi connectivity index (χ0n) is 16.3. The van der Waals surface area contributed by atoms with Crippen molar-refractivity contribution in [3.8, 4) is 5.75 Å². The number of nitrogens with one attached hydrogen (secondary N) is 1. The van der Waals surface area contributed by atoms with E-state index < -0.39 is 10.0 Å². The minimum absolute atomic E-state index is 0.0315. The Bertz CT molecular complexity index is 947. The molecule has 1 aromatic carbocycles. The van der Waals surface area contributed by atoms with Crippen molar-refractivity contribution in [1.82, 2.24) is 4.98 Å². The third kappa shape index (κ3) is 4.62. The van der Waals surface area contributed by atoms with Gasteiger partial charge in [-0.15, -0.1) is 0 Å². The highest BCUT2D eigenvalue weighted by atomic mass is 32.2. The van der Waals surface area contributed by atoms with Crippen LogP contribution >= 0.6 is 0 Å². The van der Waals surface area contributed by atoms with Gasteiger partial charge in [-0.1, -0.05) is 0 Å². The maximum absolute atomic E-state index is 13.1. The lowest BCUT2D eigenvalue weighted by atomic mass is 9.85. The fourth-order valence-electron chi connectivity index (χ4n) is 3.72. The van der Waals surface area contributed by atoms with Gasteiger partial charge in [0.15, 0.2) is 5.78 Å². The van der Waals surface area contributed by atoms with Crippen LogP contribution in [0.15, 0.2) is 42.7 Å². The number of pyridine rings is 1. The van der Waals surface area contributed by atoms with Crippen LogP contribution in [0.2, 0.25) is 0 Å². The molecule has 0 amide bonds. The van der Waals surface area contributed by atoms with Gasteiger partial charge in [0, 0.05) is 42.7 Å². The van der Waals surface area contributed by atoms with Crippen molar-refractivity contribution in [2.75, 3.05) is 29.5 Å². The minimum atomic E-state index is -3.40. The number of rotatable bonds is 6. The zero-order valence-corrected chi connectivity index (χ0v) is 17.1. The molecule has 2 atom stereocenters. The summed E-state index contributed by atoms with van der Waals surface area (Å²) in [6.07, 6.45) is 6.12. The van der Waals surface area contributed by atoms with Crippen LogP contribution < -0.4 is 14.4 Å². The van der Waals surface area contributed by atoms with E-state index >= 15 is 0 Å². The van der Waals surface area contributed by atoms with Crippen LogP contribution in [0.3, 0.4) is 0 Å². The van der Waals surface area contributed by atoms with E-state index in [1.54, 1.807) is 30.6 Å². The average molecular weight is 404 g/mol. The molecule has 2 unspecified atom stereocenters. The molecule has 1 aliphatic rings. The molecule has 0 radical (unpaired) electrons. The number of piperidine rings is 1. The lowest BCUT2D eigenvalue weighted by Gasteiger charge is -2.38. The molecule has 8 heteroatoms. The zero-order chi connectivity index (χ0) is 20.3. The summed E-state index contributed by atoms with van der Waals surface area (Å²) in [7, 11) is -1.92. The molecule has 150 valence electrons. The number of ether oxygens (including phenoxy) is 1. The van der Waals surface area contributed by atoms with Gasteiger partial charge in [-0.3, -0.25) is 14.5 Å². The molecule has 1 aliphatic heterocycles. The first-order valence-corrected chi connectivity index (χ1v) is 11.0. The third-order valence-electron chi connectivity index (χ3n) is 5.01. The molecular weight excluding hydrogens is 378 g/mol. The highest BCUT2D eigenvalue weighted by Crippen LogP contribution is 2.33. The Balaban J connectivity index is 1.76. The fourth-order valence-corrected chi connectivity index (χ4v) is 4.28. The highest BCUT2D eigenvalue weighted by molar-refractivity contribution is 7.92. The van der Waals surface area contributed by atoms with Crippen molar-refractivity contribution in [2.24, 2.45) is 5.92 Å². The van der Waals surface area contributed by atoms with Crippen molar-refractivity contribution in [2.45, 2.75) is 25.8 Å². The number of nitrogens with zero attached hydrogens (tertiary/aromatic N) is 2. The van der Waals surface area contributed by atoms with Gasteiger partial charge in [-0.05, 0) is 44.0 Å². The van der Waals surface area contributed by atoms with Crippen LogP contribution in [0.25, 0.3) is 0 Å². The molecule has 0 aliphatic carbocycles. The van der Waals surface area contributed by atoms with Gasteiger partial charge in [0.2, 0.25) is 10.0 Å². The molecule has 0 saturated carbocycles. The number of ketones is 1. The Morgan fingerprint density at radius 3 is 2.57 bits per heavy atom. The summed E-state index contributed by atoms with van der Waals surface area (Å²) in [5.41, 5.74) is 1.97. The van der Waals surface area contributed by atoms with Crippen molar-refractivity contribution < 1.29 is 17.9 Å². The summed E-state index contributed by atoms with van der Waals surface area (Å²) < 4.78 is 30.6. The second-order valence-electron chi connectivity index (χ2n) is 7.12. The first-order valence-electron chi connectivity index (χ1n) is 9.15. The maximum atomic E-state index is 13.1. The summed E-state index contributed by atoms with van der Waals surface area (Å²) in [5, 5.41) is 0. The first kappa shape index (κ1) is 20.1. The molecule has 2 aromatic rings. The molecule has 3 rings (SSSR count). The van der Waals surface area contributed by atoms with Crippen LogP contribution in [0.4, 0.5) is 11.4 Å². The number of anilines is 2. The minimum Gasteiger partial charge on any atom is -0.496 e. The Morgan fingerprint density at radius 1 is 1.25 bits per heavy atom. The Hall–Kier alpha value is -2.61. The largest absolute Gasteiger partial charge is 0.496 e. The predicted molar refractivity (Wildman–Crippen MR) is 110 cm³/mol. The van der Waals surface area contributed by atoms with Crippen LogP contribution in [0.5, 0.6) is 5.75 Å². The van der Waals surface area contributed by atoms with Gasteiger partial charge in [-0.2, -0.15) is 0 Å². The van der Waals surface area contributed by atoms with Gasteiger partial charge < -0.3 is 9.64 Å². The SMILES string of the molecule is COc1cc(NS(C)(=O)=O)ccc1C(=O)C1CCN(c2ccncc2)C(C)C1. The summed E-state index contributed by atoms with van der Waals surface area (Å²) >= 11 is 0. The number of sulfonamides is 1. The number of carbonyl (C=O) groups is 1. The Labute approximate surface area is 165 Å². The molecular formula is C20H25N3O4S. The van der Waals surface area contributed by atoms with Crippen molar-refractivity contribution in [1.29, 1.82) is 0 Å². The fraction of sp³-hybridized carbons (Fsp3) is 0.400. The number of hydrogen-bond acceptors (Lipinski definition) is 6. The second kappa shape index (κ2) is 8.18. The molecule has 1 fully saturated rings. The molecule has 0 spiro atoms. The average Bonchev–Trinajstić information content (AvgIpc) is 2.66. The van der Waals surface area contributed by atoms with E-state index in [0.717, 1.165) is 31.3 Å². The molecule has 1 saturated heterocycles. The number of hydrogen-bond donors (Lipinski definition) is 1. The van der Waals surface area contributed by atoms with Gasteiger partial charge in [-0.25, -0.2) is 8.42 Å². The van der Waals surface area contributed by atoms with Crippen LogP contribution in [-0.2, 0) is 10.0 Å². The van der Waals surface area contributed by atoms with Gasteiger partial charge in [0.25, 0.3) is 0 Å². The van der Waals surface area contributed by atoms with Gasteiger partial charge in [0.1, 0.15) is 5.75 Å². The summed E-state index contributed by atoms with van der Waals surface area (Å²) in [4.78, 5) is 19.5. The van der Waals surface area contributed by atoms with Crippen LogP contribution in [0.1, 0.15) is 30.1 Å². The van der Waals surface area contributed by atoms with E-state index in [9.17, 15) is 13.2 Å². The van der Waals surface area contributed by atoms with E-state index in [-0.39, 0.29) is 17.7 Å². The second-order valence-corrected chi connectivity index (χ2v) is 8.87. The smallest absolute Gasteiger partial charge is 0.229 e. The third-order valence-corrected chi connectivity index (χ3v) is 5.62. The predicted octanol–water partition coefficient (Wildman–Crippen LogP) is 2.95. The van der Waals surface area contributed by atoms with E-state index in [2.05, 4.69) is 21.5 Å². The molecule has 28 heavy (non-hydrogen) atoms. The normalized spacial score (nSPS) is 19.9. The number of carbonyl (C=O) groups excluding carboxylic acids is 1. The molecule has 1 aromatic heterocycles. The number of Topliss-reactive ketones (excluding diaryl/α,β-unsaturated/α-hetero) is 1. The Kier molecular flexibility index (Phi) is 5.88. The van der Waals surface area contributed by atoms with E-state index in [0.29, 0.717) is 17.0 Å². The molecule has 7 nitrogen and oxygen atoms in total. The lowest BCUT2D eigenvalue weighted by molar-refractivity contribution is 0.0887. The topological polar surface area (TPSA) is 88.6 Å². The van der Waals surface area contributed by atoms with Gasteiger partial charge >= 0.3 is 0 Å². The van der Waals surface area contributed by atoms with Gasteiger partial charge in [0.05, 0.1) is 24.6 Å². The molecule has 2 heterocycles. The Morgan fingerprint density at radius 2 is 1.96 bits per heavy atom. The van der Waals surface area contributed by atoms with Crippen molar-refractivity contribution in [3.63, 3.8) is 0 Å². The van der Waals surface area contributed by atoms with Crippen molar-refractivity contribution >= 4 is 27.2 Å². The van der Waals surface area contributed by atoms with Crippen LogP contribution in [0, 0.1) is 5.92 Å². The summed E-state index contributed by atoms with van der Waals surface area (Å²) in [5.74, 6) is 0.308. The van der Waals surface area contributed by atoms with E-state index in [1.807, 2.05) is 12.1 Å². The van der Waals surface area contributed by atoms with E-state index in [4.69, 9.17) is 4.74 Å². The van der Waals surface area contributed by atoms with Crippen molar-refractivity contribution in [3.05, 3.63) is 48.3 Å². The van der Waals surface area contributed by atoms with E-state index in [1.165, 1.54) is 7.11 Å². The van der Waals surface area contributed by atoms with Crippen LogP contribution in [-0.4, -0.2) is 45.1 Å². The summed E-state index contributed by atoms with van der Waals surface area (Å²) in [6.45, 7) is 2.91. The maximum Gasteiger partial charge on any atom is 0.229 e. The molecule has 0 bridgehead atoms. The number of methoxy groups -OCH3 is 1. The first-order chi connectivity index (χ1) is 13.3. The standard InChI is InChI=1S/C20H25N3O4S/c1-14-12-15(8-11-23(14)17-6-9-21-10-7-17)20(24)18-5-4-16(13-19(18)27-2)22-28(3,25)26/h4-7,9-10,13-15,22H,8,11-12H2,1-3H3. The summed E-state index contributed by atoms with van der Waals surface area (Å²) in [6, 6.07) is 8.96. The molecule has 1 N–H and O–H groups in total. The quantitative estimate of drug-likeness (QED) is 0.746. The number of benzene rings is 1. The monoisotopic (exact) mass is 403 g/mol. The lowest BCUT2D eigenvalue weighted by Crippen LogP contribution is -2.42. The number of aromatic nitrogens is 1.